The van der Waals surface area contributed by atoms with Crippen LogP contribution in [0.1, 0.15) is 25.0 Å². The van der Waals surface area contributed by atoms with Crippen molar-refractivity contribution in [1.29, 1.82) is 0 Å². The summed E-state index contributed by atoms with van der Waals surface area (Å²) in [4.78, 5) is 26.6. The number of hydrogen-bond donors (Lipinski definition) is 2. The molecule has 1 aliphatic heterocycles. The smallest absolute Gasteiger partial charge is 0.277 e. The number of nitrogens with two attached hydrogens (primary N) is 1. The van der Waals surface area contributed by atoms with Crippen LogP contribution in [-0.4, -0.2) is 43.2 Å². The van der Waals surface area contributed by atoms with Crippen molar-refractivity contribution in [3.8, 4) is 5.69 Å². The van der Waals surface area contributed by atoms with E-state index in [4.69, 9.17) is 16.7 Å². The average Bonchev–Trinajstić information content (AvgIpc) is 3.34. The van der Waals surface area contributed by atoms with Crippen molar-refractivity contribution in [2.45, 2.75) is 25.8 Å². The molecule has 11 nitrogen and oxygen atoms in total. The second-order valence-electron chi connectivity index (χ2n) is 9.93. The van der Waals surface area contributed by atoms with Crippen LogP contribution < -0.4 is 16.0 Å². The molecule has 39 heavy (non-hydrogen) atoms. The molecule has 14 heteroatoms. The third-order valence-electron chi connectivity index (χ3n) is 6.78. The molecule has 0 amide bonds. The van der Waals surface area contributed by atoms with Gasteiger partial charge in [0.05, 0.1) is 5.02 Å². The SMILES string of the molecule is CC1(C)CN(S(N)(=O)=O)Cc2cc(Nc3ncc4c(=O)n(-c5c(F)cccc5Cl)c5nccn5c4n3)ccc21. The summed E-state index contributed by atoms with van der Waals surface area (Å²) in [7, 11) is -3.87. The van der Waals surface area contributed by atoms with Gasteiger partial charge in [-0.15, -0.1) is 0 Å². The number of para-hydroxylation sites is 1. The van der Waals surface area contributed by atoms with Gasteiger partial charge < -0.3 is 5.32 Å². The number of benzene rings is 2. The highest BCUT2D eigenvalue weighted by atomic mass is 35.5. The van der Waals surface area contributed by atoms with Crippen molar-refractivity contribution in [3.63, 3.8) is 0 Å². The predicted molar refractivity (Wildman–Crippen MR) is 145 cm³/mol. The van der Waals surface area contributed by atoms with Crippen LogP contribution in [0.2, 0.25) is 5.02 Å². The minimum Gasteiger partial charge on any atom is -0.324 e. The van der Waals surface area contributed by atoms with Gasteiger partial charge in [0.25, 0.3) is 15.8 Å². The topological polar surface area (TPSA) is 141 Å². The van der Waals surface area contributed by atoms with Crippen molar-refractivity contribution in [3.05, 3.63) is 87.3 Å². The van der Waals surface area contributed by atoms with Crippen LogP contribution in [0.25, 0.3) is 22.5 Å². The van der Waals surface area contributed by atoms with Crippen molar-refractivity contribution in [2.75, 3.05) is 11.9 Å². The zero-order valence-corrected chi connectivity index (χ0v) is 22.3. The molecule has 0 saturated carbocycles. The van der Waals surface area contributed by atoms with E-state index in [9.17, 15) is 17.6 Å². The third-order valence-corrected chi connectivity index (χ3v) is 8.06. The van der Waals surface area contributed by atoms with Crippen molar-refractivity contribution in [2.24, 2.45) is 5.14 Å². The lowest BCUT2D eigenvalue weighted by atomic mass is 9.79. The largest absolute Gasteiger partial charge is 0.324 e. The van der Waals surface area contributed by atoms with Crippen LogP contribution in [0, 0.1) is 5.82 Å². The molecule has 0 bridgehead atoms. The van der Waals surface area contributed by atoms with Gasteiger partial charge in [-0.2, -0.15) is 17.7 Å². The first kappa shape index (κ1) is 25.4. The van der Waals surface area contributed by atoms with Crippen LogP contribution in [-0.2, 0) is 22.2 Å². The molecule has 4 heterocycles. The molecule has 0 fully saturated rings. The van der Waals surface area contributed by atoms with Gasteiger partial charge in [-0.1, -0.05) is 37.6 Å². The molecule has 3 N–H and O–H groups in total. The molecule has 0 unspecified atom stereocenters. The molecule has 0 saturated heterocycles. The number of aromatic nitrogens is 5. The number of anilines is 2. The summed E-state index contributed by atoms with van der Waals surface area (Å²) in [5.41, 5.74) is 1.55. The summed E-state index contributed by atoms with van der Waals surface area (Å²) < 4.78 is 42.7. The molecular weight excluding hydrogens is 547 g/mol. The number of nitrogens with one attached hydrogen (secondary N) is 1. The summed E-state index contributed by atoms with van der Waals surface area (Å²) >= 11 is 6.25. The summed E-state index contributed by atoms with van der Waals surface area (Å²) in [5.74, 6) is -0.357. The third kappa shape index (κ3) is 4.23. The van der Waals surface area contributed by atoms with Crippen molar-refractivity contribution >= 4 is 50.3 Å². The summed E-state index contributed by atoms with van der Waals surface area (Å²) in [5, 5.41) is 8.72. The average molecular weight is 569 g/mol. The summed E-state index contributed by atoms with van der Waals surface area (Å²) in [6, 6.07) is 9.76. The monoisotopic (exact) mass is 568 g/mol. The van der Waals surface area contributed by atoms with Gasteiger partial charge in [0.2, 0.25) is 11.7 Å². The summed E-state index contributed by atoms with van der Waals surface area (Å²) in [6.07, 6.45) is 4.42. The molecule has 3 aromatic heterocycles. The van der Waals surface area contributed by atoms with Crippen LogP contribution in [0.3, 0.4) is 0 Å². The molecular formula is C25H22ClFN8O3S. The Labute approximate surface area is 226 Å². The maximum atomic E-state index is 14.7. The molecule has 6 rings (SSSR count). The molecule has 0 aliphatic carbocycles. The Balaban J connectivity index is 1.43. The van der Waals surface area contributed by atoms with Gasteiger partial charge in [0.1, 0.15) is 16.9 Å². The second kappa shape index (κ2) is 8.81. The first-order valence-corrected chi connectivity index (χ1v) is 13.7. The van der Waals surface area contributed by atoms with Gasteiger partial charge in [0, 0.05) is 42.8 Å². The minimum absolute atomic E-state index is 0.0529. The van der Waals surface area contributed by atoms with Crippen LogP contribution in [0.5, 0.6) is 0 Å². The molecule has 2 aromatic carbocycles. The Hall–Kier alpha value is -3.91. The van der Waals surface area contributed by atoms with E-state index < -0.39 is 27.0 Å². The van der Waals surface area contributed by atoms with E-state index in [1.54, 1.807) is 10.6 Å². The zero-order valence-electron chi connectivity index (χ0n) is 20.8. The molecule has 0 atom stereocenters. The standard InChI is InChI=1S/C25H22ClFN8O3S/c1-25(2)13-33(39(28,37)38)12-14-10-15(6-7-17(14)25)31-23-30-11-16-21(32-23)34-9-8-29-24(34)35(22(16)36)20-18(26)4-3-5-19(20)27/h3-11H,12-13H2,1-2H3,(H2,28,37,38)(H,30,31,32). The van der Waals surface area contributed by atoms with Crippen LogP contribution in [0.15, 0.2) is 59.8 Å². The summed E-state index contributed by atoms with van der Waals surface area (Å²) in [6.45, 7) is 4.33. The normalized spacial score (nSPS) is 15.5. The lowest BCUT2D eigenvalue weighted by Gasteiger charge is -2.38. The molecule has 1 aliphatic rings. The van der Waals surface area contributed by atoms with E-state index in [2.05, 4.69) is 20.3 Å². The van der Waals surface area contributed by atoms with Crippen molar-refractivity contribution < 1.29 is 12.8 Å². The fourth-order valence-corrected chi connectivity index (χ4v) is 6.12. The zero-order chi connectivity index (χ0) is 27.7. The van der Waals surface area contributed by atoms with E-state index in [0.717, 1.165) is 15.7 Å². The van der Waals surface area contributed by atoms with Crippen molar-refractivity contribution in [1.82, 2.24) is 28.2 Å². The number of rotatable bonds is 4. The molecule has 200 valence electrons. The van der Waals surface area contributed by atoms with Crippen LogP contribution >= 0.6 is 11.6 Å². The number of nitrogens with zero attached hydrogens (tertiary/aromatic N) is 6. The van der Waals surface area contributed by atoms with E-state index >= 15 is 0 Å². The molecule has 5 aromatic rings. The van der Waals surface area contributed by atoms with Gasteiger partial charge in [0.15, 0.2) is 5.65 Å². The molecule has 0 spiro atoms. The second-order valence-corrected chi connectivity index (χ2v) is 11.9. The fourth-order valence-electron chi connectivity index (χ4n) is 5.05. The Morgan fingerprint density at radius 3 is 2.72 bits per heavy atom. The van der Waals surface area contributed by atoms with E-state index in [1.165, 1.54) is 34.9 Å². The Morgan fingerprint density at radius 1 is 1.18 bits per heavy atom. The van der Waals surface area contributed by atoms with E-state index in [-0.39, 0.29) is 46.6 Å². The fraction of sp³-hybridized carbons (Fsp3) is 0.200. The number of fused-ring (bicyclic) bond motifs is 4. The Bertz CT molecular complexity index is 1950. The first-order valence-electron chi connectivity index (χ1n) is 11.8. The number of halogens is 2. The lowest BCUT2D eigenvalue weighted by Crippen LogP contribution is -2.47. The number of hydrogen-bond acceptors (Lipinski definition) is 7. The quantitative estimate of drug-likeness (QED) is 0.339. The van der Waals surface area contributed by atoms with E-state index in [1.807, 2.05) is 32.0 Å². The van der Waals surface area contributed by atoms with E-state index in [0.29, 0.717) is 5.69 Å². The predicted octanol–water partition coefficient (Wildman–Crippen LogP) is 3.26. The minimum atomic E-state index is -3.87. The molecule has 0 radical (unpaired) electrons. The highest BCUT2D eigenvalue weighted by Crippen LogP contribution is 2.36. The van der Waals surface area contributed by atoms with Gasteiger partial charge >= 0.3 is 0 Å². The highest BCUT2D eigenvalue weighted by Gasteiger charge is 2.35. The number of imidazole rings is 1. The first-order chi connectivity index (χ1) is 18.4. The van der Waals surface area contributed by atoms with Gasteiger partial charge in [-0.05, 0) is 35.4 Å². The Kier molecular flexibility index (Phi) is 5.73. The van der Waals surface area contributed by atoms with Gasteiger partial charge in [-0.25, -0.2) is 24.1 Å². The van der Waals surface area contributed by atoms with Crippen LogP contribution in [0.4, 0.5) is 16.0 Å². The maximum absolute atomic E-state index is 14.7. The van der Waals surface area contributed by atoms with Gasteiger partial charge in [-0.3, -0.25) is 9.20 Å². The Morgan fingerprint density at radius 2 is 1.97 bits per heavy atom. The lowest BCUT2D eigenvalue weighted by molar-refractivity contribution is 0.300. The maximum Gasteiger partial charge on any atom is 0.277 e. The highest BCUT2D eigenvalue weighted by molar-refractivity contribution is 7.86.